The van der Waals surface area contributed by atoms with E-state index in [0.29, 0.717) is 67.2 Å². The first-order chi connectivity index (χ1) is 30.7. The molecule has 13 heterocycles. The quantitative estimate of drug-likeness (QED) is 0.215. The molecule has 2 unspecified atom stereocenters. The van der Waals surface area contributed by atoms with Crippen LogP contribution < -0.4 is 14.8 Å². The molecule has 1 saturated carbocycles. The molecular formula is C52H54N6O7. The minimum absolute atomic E-state index is 0.106. The maximum absolute atomic E-state index is 16.9. The molecule has 3 aromatic rings. The number of aromatic nitrogens is 1. The fraction of sp³-hybridized carbons (Fsp3) is 0.558. The van der Waals surface area contributed by atoms with E-state index < -0.39 is 74.4 Å². The summed E-state index contributed by atoms with van der Waals surface area (Å²) < 4.78 is 15.4. The molecule has 4 amide bonds. The van der Waals surface area contributed by atoms with Gasteiger partial charge >= 0.3 is 0 Å². The van der Waals surface area contributed by atoms with Crippen molar-refractivity contribution in [3.05, 3.63) is 69.6 Å². The molecule has 2 N–H and O–H groups in total. The number of nitrogens with zero attached hydrogens (tertiary/aromatic N) is 4. The van der Waals surface area contributed by atoms with Crippen LogP contribution in [0.4, 0.5) is 5.69 Å². The summed E-state index contributed by atoms with van der Waals surface area (Å²) in [5, 5.41) is 20.7. The lowest BCUT2D eigenvalue weighted by Gasteiger charge is -2.61. The molecule has 0 radical (unpaired) electrons. The summed E-state index contributed by atoms with van der Waals surface area (Å²) in [7, 11) is 0. The van der Waals surface area contributed by atoms with Crippen molar-refractivity contribution < 1.29 is 33.4 Å². The van der Waals surface area contributed by atoms with Crippen LogP contribution in [0.25, 0.3) is 23.1 Å². The predicted molar refractivity (Wildman–Crippen MR) is 239 cm³/mol. The number of carbonyl (C=O) groups excluding carboxylic acids is 4. The predicted octanol–water partition coefficient (Wildman–Crippen LogP) is 5.79. The summed E-state index contributed by atoms with van der Waals surface area (Å²) in [5.74, 6) is -1.73. The zero-order chi connectivity index (χ0) is 44.8. The van der Waals surface area contributed by atoms with Gasteiger partial charge in [-0.05, 0) is 115 Å². The molecule has 13 nitrogen and oxygen atoms in total. The topological polar surface area (TPSA) is 150 Å². The molecular weight excluding hydrogens is 821 g/mol. The van der Waals surface area contributed by atoms with Crippen LogP contribution in [0.2, 0.25) is 0 Å². The Hall–Kier alpha value is -5.59. The number of rotatable bonds is 0. The number of ether oxygens (including phenoxy) is 2. The summed E-state index contributed by atoms with van der Waals surface area (Å²) in [6.07, 6.45) is 10.7. The van der Waals surface area contributed by atoms with Crippen LogP contribution in [-0.4, -0.2) is 107 Å². The number of nitrogens with one attached hydrogen (secondary N) is 2. The molecule has 17 rings (SSSR count). The van der Waals surface area contributed by atoms with Crippen molar-refractivity contribution in [2.75, 3.05) is 13.1 Å². The van der Waals surface area contributed by atoms with E-state index in [2.05, 4.69) is 62.3 Å². The van der Waals surface area contributed by atoms with Crippen molar-refractivity contribution in [1.82, 2.24) is 25.0 Å². The van der Waals surface area contributed by atoms with Gasteiger partial charge in [-0.2, -0.15) is 4.74 Å². The van der Waals surface area contributed by atoms with Crippen LogP contribution in [0.15, 0.2) is 36.4 Å². The Kier molecular flexibility index (Phi) is 6.08. The Balaban J connectivity index is 1.20. The number of aromatic amines is 1. The first kappa shape index (κ1) is 37.6. The van der Waals surface area contributed by atoms with Gasteiger partial charge in [-0.15, -0.1) is 0 Å². The van der Waals surface area contributed by atoms with E-state index in [9.17, 15) is 0 Å². The van der Waals surface area contributed by atoms with Crippen LogP contribution in [0.3, 0.4) is 0 Å². The number of hydrogen-bond donors (Lipinski definition) is 2. The Bertz CT molecular complexity index is 3050. The standard InChI is InChI=1S/C52H54N6O7/c1-46(2)17-13-23-9-11-27-31(36(23)64-46)32-38-50-33-28(12-10-24-14-18-47(3,4)65-37(24)33)58(63)42(50)49(7,8)29-21-25-15-19-55-34(25)40(59)54-51(29,44(55)61)43(50)57-41(60)35-26-16-20-56(35)45(62)52(38,57)30(22-26)48(5,6)39(32)53-27/h9-14,17-18,25-26,29-30,34-35,38,43,53H,15-16,19-22H2,1-8H3,(H,54,59)/t25-,26-,29+,30+,34?,35?,38+,43+,50+,51-,52+/m1/s1. The Morgan fingerprint density at radius 3 is 2.11 bits per heavy atom. The van der Waals surface area contributed by atoms with Gasteiger partial charge in [0.25, 0.3) is 5.91 Å². The number of amides is 4. The van der Waals surface area contributed by atoms with Crippen molar-refractivity contribution >= 4 is 58.1 Å². The smallest absolute Gasteiger partial charge is 0.251 e. The Morgan fingerprint density at radius 2 is 1.38 bits per heavy atom. The van der Waals surface area contributed by atoms with E-state index in [4.69, 9.17) is 9.47 Å². The van der Waals surface area contributed by atoms with Crippen molar-refractivity contribution in [3.8, 4) is 11.5 Å². The molecule has 10 fully saturated rings. The Labute approximate surface area is 376 Å². The van der Waals surface area contributed by atoms with Crippen LogP contribution in [-0.2, 0) is 30.0 Å². The number of benzene rings is 2. The molecule has 14 aliphatic rings. The summed E-state index contributed by atoms with van der Waals surface area (Å²) in [5.41, 5.74) is -2.35. The molecule has 13 heteroatoms. The van der Waals surface area contributed by atoms with Crippen LogP contribution in [0.5, 0.6) is 11.5 Å². The zero-order valence-corrected chi connectivity index (χ0v) is 38.1. The lowest BCUT2D eigenvalue weighted by Crippen LogP contribution is -2.85. The third-order valence-corrected chi connectivity index (χ3v) is 19.7. The lowest BCUT2D eigenvalue weighted by atomic mass is 9.41. The molecule has 65 heavy (non-hydrogen) atoms. The second-order valence-corrected chi connectivity index (χ2v) is 24.0. The summed E-state index contributed by atoms with van der Waals surface area (Å²) in [6, 6.07) is 5.43. The van der Waals surface area contributed by atoms with E-state index in [1.807, 2.05) is 61.8 Å². The summed E-state index contributed by atoms with van der Waals surface area (Å²) in [4.78, 5) is 74.7. The Morgan fingerprint density at radius 1 is 0.754 bits per heavy atom. The van der Waals surface area contributed by atoms with E-state index in [0.717, 1.165) is 38.0 Å². The fourth-order valence-electron chi connectivity index (χ4n) is 17.7. The van der Waals surface area contributed by atoms with E-state index in [-0.39, 0.29) is 35.5 Å². The van der Waals surface area contributed by atoms with Gasteiger partial charge in [0.1, 0.15) is 51.3 Å². The molecule has 2 aliphatic carbocycles. The largest absolute Gasteiger partial charge is 0.618 e. The SMILES string of the molecule is CC1(C)C=Cc2ccc3c(c2O1)[C@]12C(=[N+]3[O-])C(C)(C)[C@@H]3C[C@H]4CCN5C(=O)[C@]3(NC(=O)C45)[C@H]1N1C(=O)C3[C@@H]4CCN3C(=O)[C@@]13[C@@H](C4)C(C)(C)c1[nH]c4ccc5c(c4c1[C@@H]23)OC(C)(C)C=C5. The van der Waals surface area contributed by atoms with Gasteiger partial charge < -0.3 is 39.7 Å². The third kappa shape index (κ3) is 3.59. The van der Waals surface area contributed by atoms with Gasteiger partial charge in [0.15, 0.2) is 5.71 Å². The average Bonchev–Trinajstić information content (AvgIpc) is 4.01. The highest BCUT2D eigenvalue weighted by atomic mass is 16.5. The maximum Gasteiger partial charge on any atom is 0.251 e. The molecule has 2 aromatic carbocycles. The second-order valence-electron chi connectivity index (χ2n) is 24.0. The highest BCUT2D eigenvalue weighted by molar-refractivity contribution is 6.16. The van der Waals surface area contributed by atoms with E-state index >= 15 is 24.4 Å². The van der Waals surface area contributed by atoms with Gasteiger partial charge in [0.05, 0.1) is 17.0 Å². The number of H-pyrrole nitrogens is 1. The average molecular weight is 875 g/mol. The molecule has 12 aliphatic heterocycles. The van der Waals surface area contributed by atoms with Crippen LogP contribution in [0, 0.1) is 34.3 Å². The van der Waals surface area contributed by atoms with Crippen molar-refractivity contribution in [1.29, 1.82) is 0 Å². The molecule has 9 saturated heterocycles. The number of hydrogen-bond acceptors (Lipinski definition) is 7. The summed E-state index contributed by atoms with van der Waals surface area (Å²) >= 11 is 0. The van der Waals surface area contributed by atoms with Crippen molar-refractivity contribution in [2.24, 2.45) is 29.1 Å². The van der Waals surface area contributed by atoms with Crippen LogP contribution in [0.1, 0.15) is 115 Å². The second kappa shape index (κ2) is 10.5. The molecule has 1 aromatic heterocycles. The fourth-order valence-corrected chi connectivity index (χ4v) is 17.7. The number of carbonyl (C=O) groups is 4. The van der Waals surface area contributed by atoms with E-state index in [1.165, 1.54) is 0 Å². The lowest BCUT2D eigenvalue weighted by molar-refractivity contribution is -0.366. The summed E-state index contributed by atoms with van der Waals surface area (Å²) in [6.45, 7) is 17.6. The maximum atomic E-state index is 16.9. The van der Waals surface area contributed by atoms with Crippen LogP contribution >= 0.6 is 0 Å². The van der Waals surface area contributed by atoms with Gasteiger partial charge in [0.2, 0.25) is 23.4 Å². The molecule has 11 atom stereocenters. The molecule has 8 bridgehead atoms. The third-order valence-electron chi connectivity index (χ3n) is 19.7. The zero-order valence-electron chi connectivity index (χ0n) is 38.1. The van der Waals surface area contributed by atoms with Gasteiger partial charge in [-0.25, -0.2) is 0 Å². The van der Waals surface area contributed by atoms with Gasteiger partial charge in [0, 0.05) is 70.0 Å². The highest BCUT2D eigenvalue weighted by Crippen LogP contribution is 2.80. The molecule has 3 spiro atoms. The minimum atomic E-state index is -1.70. The number of piperazine rings is 2. The van der Waals surface area contributed by atoms with Gasteiger partial charge in [-0.1, -0.05) is 26.0 Å². The van der Waals surface area contributed by atoms with E-state index in [1.54, 1.807) is 4.90 Å². The minimum Gasteiger partial charge on any atom is -0.618 e. The normalized spacial score (nSPS) is 40.9. The van der Waals surface area contributed by atoms with Crippen molar-refractivity contribution in [3.63, 3.8) is 0 Å². The van der Waals surface area contributed by atoms with Crippen molar-refractivity contribution in [2.45, 2.75) is 138 Å². The molecule has 334 valence electrons. The number of fused-ring (bicyclic) bond motifs is 10. The monoisotopic (exact) mass is 874 g/mol. The van der Waals surface area contributed by atoms with Gasteiger partial charge in [-0.3, -0.25) is 19.2 Å². The first-order valence-corrected chi connectivity index (χ1v) is 24.0. The first-order valence-electron chi connectivity index (χ1n) is 24.0. The highest BCUT2D eigenvalue weighted by Gasteiger charge is 2.93.